The van der Waals surface area contributed by atoms with Crippen molar-refractivity contribution < 1.29 is 9.59 Å². The summed E-state index contributed by atoms with van der Waals surface area (Å²) >= 11 is 0. The Morgan fingerprint density at radius 2 is 1.81 bits per heavy atom. The molecule has 1 saturated heterocycles. The number of hydrogen-bond acceptors (Lipinski definition) is 3. The molecule has 120 valence electrons. The number of rotatable bonds is 4. The zero-order valence-electron chi connectivity index (χ0n) is 13.4. The minimum Gasteiger partial charge on any atom is -0.347 e. The van der Waals surface area contributed by atoms with E-state index in [0.717, 1.165) is 19.5 Å². The topological polar surface area (TPSA) is 61.4 Å². The van der Waals surface area contributed by atoms with Crippen LogP contribution in [-0.4, -0.2) is 49.4 Å². The molecule has 0 unspecified atom stereocenters. The summed E-state index contributed by atoms with van der Waals surface area (Å²) in [5.74, 6) is -0.162. The summed E-state index contributed by atoms with van der Waals surface area (Å²) in [6.07, 6.45) is 5.97. The molecule has 0 spiro atoms. The van der Waals surface area contributed by atoms with Gasteiger partial charge < -0.3 is 15.5 Å². The fraction of sp³-hybridized carbons (Fsp3) is 0.875. The highest BCUT2D eigenvalue weighted by Crippen LogP contribution is 2.42. The molecular weight excluding hydrogens is 266 g/mol. The maximum Gasteiger partial charge on any atom is 0.311 e. The largest absolute Gasteiger partial charge is 0.347 e. The number of hydrogen-bond donors (Lipinski definition) is 2. The van der Waals surface area contributed by atoms with Crippen LogP contribution in [0.15, 0.2) is 0 Å². The summed E-state index contributed by atoms with van der Waals surface area (Å²) in [5.41, 5.74) is 0.216. The molecular formula is C16H29N3O2. The average molecular weight is 295 g/mol. The molecule has 2 rings (SSSR count). The van der Waals surface area contributed by atoms with Crippen molar-refractivity contribution in [1.29, 1.82) is 0 Å². The van der Waals surface area contributed by atoms with Gasteiger partial charge in [-0.25, -0.2) is 0 Å². The summed E-state index contributed by atoms with van der Waals surface area (Å²) in [7, 11) is 0. The van der Waals surface area contributed by atoms with E-state index in [9.17, 15) is 9.59 Å². The fourth-order valence-corrected chi connectivity index (χ4v) is 3.80. The van der Waals surface area contributed by atoms with Gasteiger partial charge in [0, 0.05) is 32.7 Å². The molecule has 2 amide bonds. The molecule has 0 bridgehead atoms. The maximum absolute atomic E-state index is 12.1. The van der Waals surface area contributed by atoms with Gasteiger partial charge in [-0.05, 0) is 30.6 Å². The lowest BCUT2D eigenvalue weighted by atomic mass is 9.78. The van der Waals surface area contributed by atoms with Gasteiger partial charge in [0.1, 0.15) is 0 Å². The highest BCUT2D eigenvalue weighted by Gasteiger charge is 2.35. The summed E-state index contributed by atoms with van der Waals surface area (Å²) in [6.45, 7) is 7.92. The third-order valence-electron chi connectivity index (χ3n) is 4.73. The molecule has 1 aliphatic carbocycles. The Morgan fingerprint density at radius 1 is 1.19 bits per heavy atom. The average Bonchev–Trinajstić information content (AvgIpc) is 2.93. The second-order valence-electron chi connectivity index (χ2n) is 7.03. The molecule has 2 aliphatic rings. The number of nitrogens with zero attached hydrogens (tertiary/aromatic N) is 1. The van der Waals surface area contributed by atoms with Crippen LogP contribution in [0.1, 0.15) is 46.0 Å². The van der Waals surface area contributed by atoms with Gasteiger partial charge in [-0.3, -0.25) is 9.59 Å². The zero-order valence-corrected chi connectivity index (χ0v) is 13.4. The van der Waals surface area contributed by atoms with Crippen LogP contribution in [0, 0.1) is 11.3 Å². The third-order valence-corrected chi connectivity index (χ3v) is 4.73. The van der Waals surface area contributed by atoms with Gasteiger partial charge in [0.25, 0.3) is 0 Å². The van der Waals surface area contributed by atoms with Crippen LogP contribution < -0.4 is 10.6 Å². The summed E-state index contributed by atoms with van der Waals surface area (Å²) in [6, 6.07) is 0. The number of carbonyl (C=O) groups is 2. The minimum absolute atomic E-state index is 0.216. The van der Waals surface area contributed by atoms with E-state index in [4.69, 9.17) is 0 Å². The summed E-state index contributed by atoms with van der Waals surface area (Å²) in [5, 5.41) is 6.10. The van der Waals surface area contributed by atoms with Crippen molar-refractivity contribution in [3.63, 3.8) is 0 Å². The number of amides is 2. The predicted molar refractivity (Wildman–Crippen MR) is 82.8 cm³/mol. The Hall–Kier alpha value is -1.10. The molecule has 5 nitrogen and oxygen atoms in total. The van der Waals surface area contributed by atoms with Crippen LogP contribution in [0.2, 0.25) is 0 Å². The van der Waals surface area contributed by atoms with Crippen molar-refractivity contribution in [2.24, 2.45) is 11.3 Å². The second kappa shape index (κ2) is 7.25. The minimum atomic E-state index is -0.424. The number of carbonyl (C=O) groups excluding carboxylic acids is 2. The van der Waals surface area contributed by atoms with Gasteiger partial charge in [0.15, 0.2) is 0 Å². The molecule has 5 heteroatoms. The molecule has 0 aromatic rings. The first-order valence-electron chi connectivity index (χ1n) is 8.30. The van der Waals surface area contributed by atoms with Gasteiger partial charge in [0.05, 0.1) is 0 Å². The normalized spacial score (nSPS) is 21.6. The standard InChI is InChI=1S/C16H29N3O2/c1-13(2)11-16(5-3-4-6-16)12-18-14(20)15(21)19-9-7-17-8-10-19/h13,17H,3-12H2,1-2H3,(H,18,20). The van der Waals surface area contributed by atoms with Crippen molar-refractivity contribution in [2.75, 3.05) is 32.7 Å². The predicted octanol–water partition coefficient (Wildman–Crippen LogP) is 1.14. The first kappa shape index (κ1) is 16.3. The molecule has 1 saturated carbocycles. The van der Waals surface area contributed by atoms with Crippen LogP contribution in [-0.2, 0) is 9.59 Å². The first-order valence-corrected chi connectivity index (χ1v) is 8.30. The molecule has 0 atom stereocenters. The molecule has 0 radical (unpaired) electrons. The van der Waals surface area contributed by atoms with E-state index in [1.807, 2.05) is 0 Å². The van der Waals surface area contributed by atoms with E-state index in [1.54, 1.807) is 4.90 Å². The first-order chi connectivity index (χ1) is 10.0. The van der Waals surface area contributed by atoms with Crippen molar-refractivity contribution >= 4 is 11.8 Å². The van der Waals surface area contributed by atoms with E-state index >= 15 is 0 Å². The van der Waals surface area contributed by atoms with Gasteiger partial charge in [-0.15, -0.1) is 0 Å². The van der Waals surface area contributed by atoms with Gasteiger partial charge in [-0.2, -0.15) is 0 Å². The molecule has 21 heavy (non-hydrogen) atoms. The Bertz CT molecular complexity index is 370. The lowest BCUT2D eigenvalue weighted by Gasteiger charge is -2.32. The van der Waals surface area contributed by atoms with Crippen molar-refractivity contribution in [3.05, 3.63) is 0 Å². The number of nitrogens with one attached hydrogen (secondary N) is 2. The molecule has 2 N–H and O–H groups in total. The summed E-state index contributed by atoms with van der Waals surface area (Å²) < 4.78 is 0. The Morgan fingerprint density at radius 3 is 2.38 bits per heavy atom. The highest BCUT2D eigenvalue weighted by molar-refractivity contribution is 6.35. The van der Waals surface area contributed by atoms with E-state index in [1.165, 1.54) is 25.7 Å². The van der Waals surface area contributed by atoms with Crippen LogP contribution in [0.5, 0.6) is 0 Å². The maximum atomic E-state index is 12.1. The Kier molecular flexibility index (Phi) is 5.62. The molecule has 0 aromatic heterocycles. The molecule has 0 aromatic carbocycles. The van der Waals surface area contributed by atoms with E-state index in [2.05, 4.69) is 24.5 Å². The fourth-order valence-electron chi connectivity index (χ4n) is 3.80. The van der Waals surface area contributed by atoms with E-state index in [-0.39, 0.29) is 11.3 Å². The van der Waals surface area contributed by atoms with Crippen molar-refractivity contribution in [3.8, 4) is 0 Å². The van der Waals surface area contributed by atoms with Crippen LogP contribution in [0.3, 0.4) is 0 Å². The molecule has 1 heterocycles. The lowest BCUT2D eigenvalue weighted by molar-refractivity contribution is -0.146. The Balaban J connectivity index is 1.85. The summed E-state index contributed by atoms with van der Waals surface area (Å²) in [4.78, 5) is 25.9. The van der Waals surface area contributed by atoms with Crippen molar-refractivity contribution in [2.45, 2.75) is 46.0 Å². The van der Waals surface area contributed by atoms with Crippen LogP contribution in [0.4, 0.5) is 0 Å². The van der Waals surface area contributed by atoms with Gasteiger partial charge in [-0.1, -0.05) is 26.7 Å². The molecule has 1 aliphatic heterocycles. The smallest absolute Gasteiger partial charge is 0.311 e. The Labute approximate surface area is 127 Å². The van der Waals surface area contributed by atoms with E-state index in [0.29, 0.717) is 25.6 Å². The zero-order chi connectivity index (χ0) is 15.3. The number of piperazine rings is 1. The highest BCUT2D eigenvalue weighted by atomic mass is 16.2. The SMILES string of the molecule is CC(C)CC1(CNC(=O)C(=O)N2CCNCC2)CCCC1. The second-order valence-corrected chi connectivity index (χ2v) is 7.03. The van der Waals surface area contributed by atoms with Gasteiger partial charge >= 0.3 is 11.8 Å². The van der Waals surface area contributed by atoms with Gasteiger partial charge in [0.2, 0.25) is 0 Å². The van der Waals surface area contributed by atoms with Crippen LogP contribution in [0.25, 0.3) is 0 Å². The van der Waals surface area contributed by atoms with Crippen molar-refractivity contribution in [1.82, 2.24) is 15.5 Å². The quantitative estimate of drug-likeness (QED) is 0.765. The third kappa shape index (κ3) is 4.43. The lowest BCUT2D eigenvalue weighted by Crippen LogP contribution is -2.52. The monoisotopic (exact) mass is 295 g/mol. The molecule has 2 fully saturated rings. The van der Waals surface area contributed by atoms with E-state index < -0.39 is 5.91 Å². The van der Waals surface area contributed by atoms with Crippen LogP contribution >= 0.6 is 0 Å².